The number of carbonyl (C=O) groups excluding carboxylic acids is 2. The maximum atomic E-state index is 12.5. The lowest BCUT2D eigenvalue weighted by molar-refractivity contribution is -0.115. The number of imide groups is 1. The van der Waals surface area contributed by atoms with E-state index in [2.05, 4.69) is 6.07 Å². The normalized spacial score (nSPS) is 19.4. The van der Waals surface area contributed by atoms with Gasteiger partial charge < -0.3 is 14.8 Å². The van der Waals surface area contributed by atoms with Crippen molar-refractivity contribution in [2.75, 3.05) is 13.1 Å². The first-order valence-electron chi connectivity index (χ1n) is 8.73. The molecule has 0 aliphatic carbocycles. The van der Waals surface area contributed by atoms with Crippen LogP contribution in [0.5, 0.6) is 0 Å². The Morgan fingerprint density at radius 3 is 2.54 bits per heavy atom. The quantitative estimate of drug-likeness (QED) is 0.540. The molecule has 0 saturated carbocycles. The third kappa shape index (κ3) is 4.39. The van der Waals surface area contributed by atoms with Crippen LogP contribution in [0.25, 0.3) is 0 Å². The highest BCUT2D eigenvalue weighted by molar-refractivity contribution is 5.96. The predicted molar refractivity (Wildman–Crippen MR) is 94.5 cm³/mol. The number of amides is 3. The molecular formula is C19H23N3O4. The molecule has 1 fully saturated rings. The third-order valence-corrected chi connectivity index (χ3v) is 4.65. The van der Waals surface area contributed by atoms with E-state index < -0.39 is 17.7 Å². The number of carbonyl (C=O) groups is 3. The maximum Gasteiger partial charge on any atom is 0.415 e. The van der Waals surface area contributed by atoms with Crippen LogP contribution in [0, 0.1) is 11.3 Å². The lowest BCUT2D eigenvalue weighted by Gasteiger charge is -2.32. The molecule has 1 aliphatic heterocycles. The Morgan fingerprint density at radius 2 is 1.92 bits per heavy atom. The summed E-state index contributed by atoms with van der Waals surface area (Å²) in [6.45, 7) is 0.161. The Hall–Kier alpha value is -2.88. The highest BCUT2D eigenvalue weighted by atomic mass is 16.4. The highest BCUT2D eigenvalue weighted by Crippen LogP contribution is 2.29. The lowest BCUT2D eigenvalue weighted by Crippen LogP contribution is -2.50. The second kappa shape index (κ2) is 8.99. The largest absolute Gasteiger partial charge is 0.465 e. The fourth-order valence-corrected chi connectivity index (χ4v) is 3.30. The zero-order valence-electron chi connectivity index (χ0n) is 14.6. The molecule has 0 unspecified atom stereocenters. The van der Waals surface area contributed by atoms with E-state index in [4.69, 9.17) is 5.26 Å². The molecule has 1 aromatic rings. The number of nitriles is 1. The molecular weight excluding hydrogens is 334 g/mol. The van der Waals surface area contributed by atoms with Gasteiger partial charge in [-0.2, -0.15) is 5.26 Å². The van der Waals surface area contributed by atoms with Crippen LogP contribution in [0.1, 0.15) is 37.7 Å². The number of rotatable bonds is 9. The van der Waals surface area contributed by atoms with Crippen molar-refractivity contribution in [1.29, 1.82) is 5.26 Å². The first-order valence-corrected chi connectivity index (χ1v) is 8.73. The molecule has 1 N–H and O–H groups in total. The summed E-state index contributed by atoms with van der Waals surface area (Å²) in [7, 11) is 0. The highest BCUT2D eigenvalue weighted by Gasteiger charge is 2.51. The Balaban J connectivity index is 2.13. The van der Waals surface area contributed by atoms with E-state index in [9.17, 15) is 19.5 Å². The average Bonchev–Trinajstić information content (AvgIpc) is 2.92. The number of unbranched alkanes of at least 4 members (excludes halogenated alkanes) is 4. The van der Waals surface area contributed by atoms with E-state index in [1.807, 2.05) is 30.3 Å². The van der Waals surface area contributed by atoms with Gasteiger partial charge in [-0.1, -0.05) is 43.2 Å². The van der Waals surface area contributed by atoms with Crippen LogP contribution >= 0.6 is 0 Å². The van der Waals surface area contributed by atoms with Crippen molar-refractivity contribution in [3.8, 4) is 6.07 Å². The van der Waals surface area contributed by atoms with Gasteiger partial charge in [-0.05, 0) is 18.4 Å². The second-order valence-electron chi connectivity index (χ2n) is 6.51. The Bertz CT molecular complexity index is 686. The standard InChI is InChI=1S/C19H23N3O4/c20-11-7-2-1-3-8-12-22-17(24)21(18(25)26)14-19(22,15-23)13-16-9-5-4-6-10-16/h4-6,9-10,15H,1-3,7-8,12-14H2,(H,25,26)/t19-/m1/s1. The van der Waals surface area contributed by atoms with Crippen molar-refractivity contribution in [3.05, 3.63) is 35.9 Å². The van der Waals surface area contributed by atoms with Crippen LogP contribution in [0.4, 0.5) is 9.59 Å². The zero-order chi connectivity index (χ0) is 19.0. The van der Waals surface area contributed by atoms with Crippen LogP contribution in [-0.4, -0.2) is 51.9 Å². The SMILES string of the molecule is N#CCCCCCCN1C(=O)N(C(=O)O)C[C@@]1(C=O)Cc1ccccc1. The van der Waals surface area contributed by atoms with Crippen LogP contribution in [0.2, 0.25) is 0 Å². The second-order valence-corrected chi connectivity index (χ2v) is 6.51. The Labute approximate surface area is 152 Å². The molecule has 0 radical (unpaired) electrons. The number of carboxylic acid groups (broad SMARTS) is 1. The molecule has 2 rings (SSSR count). The number of hydrogen-bond donors (Lipinski definition) is 1. The summed E-state index contributed by atoms with van der Waals surface area (Å²) < 4.78 is 0. The van der Waals surface area contributed by atoms with Gasteiger partial charge in [0.15, 0.2) is 0 Å². The molecule has 1 heterocycles. The smallest absolute Gasteiger partial charge is 0.415 e. The first kappa shape index (κ1) is 19.4. The summed E-state index contributed by atoms with van der Waals surface area (Å²) in [4.78, 5) is 38.0. The molecule has 1 atom stereocenters. The number of hydrogen-bond acceptors (Lipinski definition) is 4. The molecule has 7 heteroatoms. The van der Waals surface area contributed by atoms with E-state index in [0.29, 0.717) is 30.6 Å². The molecule has 138 valence electrons. The monoisotopic (exact) mass is 357 g/mol. The van der Waals surface area contributed by atoms with E-state index in [-0.39, 0.29) is 13.0 Å². The van der Waals surface area contributed by atoms with Crippen molar-refractivity contribution < 1.29 is 19.5 Å². The van der Waals surface area contributed by atoms with Gasteiger partial charge >= 0.3 is 12.1 Å². The minimum absolute atomic E-state index is 0.159. The number of aldehydes is 1. The molecule has 1 aromatic carbocycles. The topological polar surface area (TPSA) is 102 Å². The first-order chi connectivity index (χ1) is 12.5. The Kier molecular flexibility index (Phi) is 6.73. The predicted octanol–water partition coefficient (Wildman–Crippen LogP) is 3.06. The molecule has 0 spiro atoms. The summed E-state index contributed by atoms with van der Waals surface area (Å²) in [5.74, 6) is 0. The molecule has 3 amide bonds. The number of nitrogens with zero attached hydrogens (tertiary/aromatic N) is 3. The van der Waals surface area contributed by atoms with Gasteiger partial charge in [0.25, 0.3) is 0 Å². The van der Waals surface area contributed by atoms with Crippen LogP contribution in [0.15, 0.2) is 30.3 Å². The summed E-state index contributed by atoms with van der Waals surface area (Å²) in [5.41, 5.74) is -0.303. The average molecular weight is 357 g/mol. The molecule has 7 nitrogen and oxygen atoms in total. The van der Waals surface area contributed by atoms with Gasteiger partial charge in [0, 0.05) is 19.4 Å². The van der Waals surface area contributed by atoms with Crippen molar-refractivity contribution in [2.24, 2.45) is 0 Å². The van der Waals surface area contributed by atoms with Gasteiger partial charge in [-0.15, -0.1) is 0 Å². The zero-order valence-corrected chi connectivity index (χ0v) is 14.6. The van der Waals surface area contributed by atoms with E-state index in [1.54, 1.807) is 0 Å². The van der Waals surface area contributed by atoms with Crippen LogP contribution < -0.4 is 0 Å². The van der Waals surface area contributed by atoms with E-state index in [1.165, 1.54) is 4.90 Å². The van der Waals surface area contributed by atoms with Crippen molar-refractivity contribution in [1.82, 2.24) is 9.80 Å². The molecule has 0 bridgehead atoms. The van der Waals surface area contributed by atoms with E-state index in [0.717, 1.165) is 24.8 Å². The van der Waals surface area contributed by atoms with Crippen LogP contribution in [0.3, 0.4) is 0 Å². The molecule has 1 saturated heterocycles. The summed E-state index contributed by atoms with van der Waals surface area (Å²) in [5, 5.41) is 17.8. The summed E-state index contributed by atoms with van der Waals surface area (Å²) in [6.07, 6.45) is 3.29. The van der Waals surface area contributed by atoms with Crippen molar-refractivity contribution >= 4 is 18.4 Å². The van der Waals surface area contributed by atoms with Gasteiger partial charge in [0.1, 0.15) is 11.8 Å². The van der Waals surface area contributed by atoms with Gasteiger partial charge in [0.2, 0.25) is 0 Å². The Morgan fingerprint density at radius 1 is 1.23 bits per heavy atom. The van der Waals surface area contributed by atoms with Gasteiger partial charge in [-0.3, -0.25) is 0 Å². The van der Waals surface area contributed by atoms with Crippen molar-refractivity contribution in [2.45, 2.75) is 44.1 Å². The van der Waals surface area contributed by atoms with Gasteiger partial charge in [-0.25, -0.2) is 14.5 Å². The minimum Gasteiger partial charge on any atom is -0.465 e. The molecule has 0 aromatic heterocycles. The fourth-order valence-electron chi connectivity index (χ4n) is 3.30. The number of benzene rings is 1. The van der Waals surface area contributed by atoms with E-state index >= 15 is 0 Å². The lowest BCUT2D eigenvalue weighted by atomic mass is 9.91. The fraction of sp³-hybridized carbons (Fsp3) is 0.474. The minimum atomic E-state index is -1.34. The van der Waals surface area contributed by atoms with Crippen LogP contribution in [-0.2, 0) is 11.2 Å². The molecule has 1 aliphatic rings. The van der Waals surface area contributed by atoms with Gasteiger partial charge in [0.05, 0.1) is 12.6 Å². The summed E-state index contributed by atoms with van der Waals surface area (Å²) in [6, 6.07) is 10.7. The number of urea groups is 1. The molecule has 26 heavy (non-hydrogen) atoms. The third-order valence-electron chi connectivity index (χ3n) is 4.65. The van der Waals surface area contributed by atoms with Crippen molar-refractivity contribution in [3.63, 3.8) is 0 Å². The summed E-state index contributed by atoms with van der Waals surface area (Å²) >= 11 is 0. The maximum absolute atomic E-state index is 12.5.